The molecule has 2 aromatic carbocycles. The van der Waals surface area contributed by atoms with Crippen LogP contribution in [0.1, 0.15) is 36.0 Å². The molecule has 3 aliphatic carbocycles. The molecule has 0 heterocycles. The summed E-state index contributed by atoms with van der Waals surface area (Å²) in [7, 11) is 0. The van der Waals surface area contributed by atoms with Crippen LogP contribution in [0.4, 0.5) is 0 Å². The van der Waals surface area contributed by atoms with E-state index in [1.165, 1.54) is 17.5 Å². The molecule has 0 saturated carbocycles. The zero-order valence-electron chi connectivity index (χ0n) is 16.1. The summed E-state index contributed by atoms with van der Waals surface area (Å²) < 4.78 is 3.24. The van der Waals surface area contributed by atoms with Crippen molar-refractivity contribution in [3.05, 3.63) is 104 Å². The first-order valence-electron chi connectivity index (χ1n) is 10.1. The van der Waals surface area contributed by atoms with Gasteiger partial charge in [-0.3, -0.25) is 0 Å². The van der Waals surface area contributed by atoms with Crippen LogP contribution in [-0.2, 0) is 19.1 Å². The van der Waals surface area contributed by atoms with E-state index in [1.807, 2.05) is 3.33 Å². The second-order valence-corrected chi connectivity index (χ2v) is 44.4. The van der Waals surface area contributed by atoms with Gasteiger partial charge in [0.1, 0.15) is 0 Å². The fourth-order valence-corrected chi connectivity index (χ4v) is 53.8. The summed E-state index contributed by atoms with van der Waals surface area (Å²) in [6.45, 7) is 5.31. The Kier molecular flexibility index (Phi) is 4.44. The molecule has 0 bridgehead atoms. The Morgan fingerprint density at radius 1 is 0.815 bits per heavy atom. The van der Waals surface area contributed by atoms with Crippen LogP contribution in [0.25, 0.3) is 12.2 Å². The molecule has 0 saturated heterocycles. The number of rotatable bonds is 4. The zero-order valence-corrected chi connectivity index (χ0v) is 20.8. The minimum absolute atomic E-state index is 0.687. The first-order valence-corrected chi connectivity index (χ1v) is 25.2. The molecule has 0 nitrogen and oxygen atoms in total. The third-order valence-electron chi connectivity index (χ3n) is 6.91. The van der Waals surface area contributed by atoms with Crippen molar-refractivity contribution in [1.29, 1.82) is 0 Å². The molecule has 0 N–H and O–H groups in total. The van der Waals surface area contributed by atoms with Gasteiger partial charge in [0.05, 0.1) is 0 Å². The van der Waals surface area contributed by atoms with Crippen LogP contribution >= 0.6 is 0 Å². The van der Waals surface area contributed by atoms with Crippen molar-refractivity contribution in [1.82, 2.24) is 0 Å². The second kappa shape index (κ2) is 6.83. The van der Waals surface area contributed by atoms with Crippen LogP contribution in [0.2, 0.25) is 13.1 Å². The van der Waals surface area contributed by atoms with Crippen molar-refractivity contribution in [2.75, 3.05) is 0 Å². The van der Waals surface area contributed by atoms with Crippen LogP contribution in [0.15, 0.2) is 82.2 Å². The average Bonchev–Trinajstić information content (AvgIpc) is 3.43. The van der Waals surface area contributed by atoms with Gasteiger partial charge in [0.2, 0.25) is 0 Å². The molecule has 0 aromatic heterocycles. The van der Waals surface area contributed by atoms with E-state index in [2.05, 4.69) is 104 Å². The van der Waals surface area contributed by atoms with E-state index in [0.29, 0.717) is 7.35 Å². The van der Waals surface area contributed by atoms with Gasteiger partial charge in [-0.2, -0.15) is 0 Å². The molecule has 0 radical (unpaired) electrons. The Balaban J connectivity index is 1.75. The number of fused-ring (bicyclic) bond motifs is 2. The average molecular weight is 533 g/mol. The van der Waals surface area contributed by atoms with E-state index < -0.39 is 25.1 Å². The Hall–Kier alpha value is -1.51. The summed E-state index contributed by atoms with van der Waals surface area (Å²) in [5, 5.41) is 0. The number of hydrogen-bond donors (Lipinski definition) is 0. The summed E-state index contributed by atoms with van der Waals surface area (Å²) in [4.78, 5) is 0. The molecule has 0 aliphatic heterocycles. The Morgan fingerprint density at radius 3 is 1.85 bits per heavy atom. The number of hydrogen-bond acceptors (Lipinski definition) is 0. The van der Waals surface area contributed by atoms with E-state index in [1.54, 1.807) is 11.1 Å². The summed E-state index contributed by atoms with van der Waals surface area (Å²) in [6.07, 6.45) is 18.5. The van der Waals surface area contributed by atoms with Crippen LogP contribution in [0.5, 0.6) is 0 Å². The summed E-state index contributed by atoms with van der Waals surface area (Å²) in [5.41, 5.74) is 6.16. The topological polar surface area (TPSA) is 0 Å². The van der Waals surface area contributed by atoms with Crippen molar-refractivity contribution in [3.8, 4) is 0 Å². The molecular weight excluding hydrogens is 507 g/mol. The summed E-state index contributed by atoms with van der Waals surface area (Å²) in [6, 6.07) is 18.3. The molecule has 134 valence electrons. The SMILES string of the molecule is C[SiH](C)[Hf]([C]1=CC=CC1)([CH]1C=Cc2ccccc21)[CH]1C=Cc2ccccc21. The Bertz CT molecular complexity index is 947. The normalized spacial score (nSPS) is 24.2. The molecule has 5 rings (SSSR count). The molecule has 3 aliphatic rings. The van der Waals surface area contributed by atoms with E-state index in [0.717, 1.165) is 0 Å². The van der Waals surface area contributed by atoms with E-state index in [9.17, 15) is 0 Å². The van der Waals surface area contributed by atoms with Gasteiger partial charge in [-0.15, -0.1) is 0 Å². The molecule has 0 fully saturated rings. The summed E-state index contributed by atoms with van der Waals surface area (Å²) >= 11 is -3.01. The predicted octanol–water partition coefficient (Wildman–Crippen LogP) is 6.50. The molecule has 2 unspecified atom stereocenters. The number of allylic oxidation sites excluding steroid dienone is 6. The van der Waals surface area contributed by atoms with Gasteiger partial charge in [0.15, 0.2) is 0 Å². The van der Waals surface area contributed by atoms with Crippen molar-refractivity contribution >= 4 is 18.1 Å². The van der Waals surface area contributed by atoms with Gasteiger partial charge >= 0.3 is 169 Å². The second-order valence-electron chi connectivity index (χ2n) is 8.34. The summed E-state index contributed by atoms with van der Waals surface area (Å²) in [5.74, 6) is -0.887. The predicted molar refractivity (Wildman–Crippen MR) is 117 cm³/mol. The third-order valence-corrected chi connectivity index (χ3v) is 54.7. The fraction of sp³-hybridized carbons (Fsp3) is 0.200. The molecule has 27 heavy (non-hydrogen) atoms. The zero-order chi connectivity index (χ0) is 18.4. The van der Waals surface area contributed by atoms with Gasteiger partial charge in [0.25, 0.3) is 0 Å². The van der Waals surface area contributed by atoms with Crippen LogP contribution < -0.4 is 0 Å². The third kappa shape index (κ3) is 2.56. The first-order chi connectivity index (χ1) is 13.2. The quantitative estimate of drug-likeness (QED) is 0.394. The first kappa shape index (κ1) is 17.6. The molecular formula is C25H26HfSi. The fourth-order valence-electron chi connectivity index (χ4n) is 5.78. The van der Waals surface area contributed by atoms with E-state index in [4.69, 9.17) is 0 Å². The van der Waals surface area contributed by atoms with Crippen molar-refractivity contribution < 1.29 is 19.1 Å². The van der Waals surface area contributed by atoms with Crippen molar-refractivity contribution in [3.63, 3.8) is 0 Å². The maximum atomic E-state index is 2.66. The van der Waals surface area contributed by atoms with E-state index in [-0.39, 0.29) is 0 Å². The molecule has 2 aromatic rings. The Labute approximate surface area is 167 Å². The standard InChI is InChI=1S/2C9H7.C5H5.C2H7Si.Hf/c2*1-2-5-9-7-3-6-8(9)4-1;1-2-4-5-3-1;1-3-2;/h2*1-7H;1-3H,4H2;3H,1-2H3;. The van der Waals surface area contributed by atoms with Gasteiger partial charge < -0.3 is 0 Å². The van der Waals surface area contributed by atoms with Crippen LogP contribution in [0.3, 0.4) is 0 Å². The maximum absolute atomic E-state index is 3.01. The van der Waals surface area contributed by atoms with Gasteiger partial charge in [-0.05, 0) is 0 Å². The van der Waals surface area contributed by atoms with Gasteiger partial charge in [0, 0.05) is 0 Å². The molecule has 0 spiro atoms. The van der Waals surface area contributed by atoms with Crippen LogP contribution in [-0.4, -0.2) is 5.98 Å². The molecule has 2 atom stereocenters. The van der Waals surface area contributed by atoms with Gasteiger partial charge in [-0.25, -0.2) is 0 Å². The van der Waals surface area contributed by atoms with Crippen molar-refractivity contribution in [2.45, 2.75) is 26.9 Å². The minimum atomic E-state index is -3.01. The van der Waals surface area contributed by atoms with E-state index >= 15 is 0 Å². The van der Waals surface area contributed by atoms with Gasteiger partial charge in [-0.1, -0.05) is 0 Å². The van der Waals surface area contributed by atoms with Crippen LogP contribution in [0, 0.1) is 0 Å². The Morgan fingerprint density at radius 2 is 1.37 bits per heavy atom. The number of benzene rings is 2. The molecule has 0 amide bonds. The van der Waals surface area contributed by atoms with Crippen molar-refractivity contribution in [2.24, 2.45) is 0 Å². The molecule has 2 heteroatoms. The monoisotopic (exact) mass is 534 g/mol.